The van der Waals surface area contributed by atoms with Crippen molar-refractivity contribution in [3.05, 3.63) is 11.8 Å². The van der Waals surface area contributed by atoms with Crippen molar-refractivity contribution in [2.24, 2.45) is 13.0 Å². The van der Waals surface area contributed by atoms with Crippen LogP contribution in [0.4, 0.5) is 5.82 Å². The van der Waals surface area contributed by atoms with Gasteiger partial charge in [-0.15, -0.1) is 0 Å². The first-order valence-corrected chi connectivity index (χ1v) is 11.1. The van der Waals surface area contributed by atoms with E-state index >= 15 is 0 Å². The van der Waals surface area contributed by atoms with Crippen LogP contribution in [0, 0.1) is 12.8 Å². The number of piperidine rings is 1. The molecule has 0 spiro atoms. The first-order valence-electron chi connectivity index (χ1n) is 9.22. The van der Waals surface area contributed by atoms with E-state index in [0.717, 1.165) is 29.1 Å². The Hall–Kier alpha value is -1.94. The molecule has 0 aromatic carbocycles. The molecule has 0 bridgehead atoms. The van der Waals surface area contributed by atoms with Gasteiger partial charge in [-0.3, -0.25) is 19.2 Å². The van der Waals surface area contributed by atoms with Gasteiger partial charge < -0.3 is 5.32 Å². The van der Waals surface area contributed by atoms with E-state index < -0.39 is 16.1 Å². The zero-order chi connectivity index (χ0) is 19.8. The molecule has 1 unspecified atom stereocenters. The highest BCUT2D eigenvalue weighted by atomic mass is 32.2. The third kappa shape index (κ3) is 4.67. The summed E-state index contributed by atoms with van der Waals surface area (Å²) in [5.74, 6) is 0.452. The molecule has 10 heteroatoms. The molecule has 2 aliphatic rings. The molecule has 27 heavy (non-hydrogen) atoms. The maximum Gasteiger partial charge on any atom is 0.246 e. The second kappa shape index (κ2) is 7.59. The number of hydrogen-bond acceptors (Lipinski definition) is 5. The van der Waals surface area contributed by atoms with Crippen LogP contribution in [0.2, 0.25) is 0 Å². The number of hydrogen-bond donors (Lipinski definition) is 1. The van der Waals surface area contributed by atoms with Crippen LogP contribution >= 0.6 is 0 Å². The summed E-state index contributed by atoms with van der Waals surface area (Å²) in [7, 11) is -1.97. The molecular weight excluding hydrogens is 370 g/mol. The third-order valence-electron chi connectivity index (χ3n) is 5.02. The largest absolute Gasteiger partial charge is 0.355 e. The van der Waals surface area contributed by atoms with Crippen molar-refractivity contribution in [1.29, 1.82) is 0 Å². The van der Waals surface area contributed by atoms with E-state index in [0.29, 0.717) is 37.7 Å². The molecule has 1 saturated heterocycles. The molecule has 1 N–H and O–H groups in total. The normalized spacial score (nSPS) is 21.0. The summed E-state index contributed by atoms with van der Waals surface area (Å²) in [6, 6.07) is 0.920. The smallest absolute Gasteiger partial charge is 0.246 e. The Morgan fingerprint density at radius 1 is 1.37 bits per heavy atom. The van der Waals surface area contributed by atoms with E-state index in [2.05, 4.69) is 10.4 Å². The summed E-state index contributed by atoms with van der Waals surface area (Å²) in [5.41, 5.74) is 0.779. The Kier molecular flexibility index (Phi) is 5.57. The lowest BCUT2D eigenvalue weighted by molar-refractivity contribution is -0.125. The Morgan fingerprint density at radius 3 is 2.63 bits per heavy atom. The summed E-state index contributed by atoms with van der Waals surface area (Å²) in [6.45, 7) is 2.57. The summed E-state index contributed by atoms with van der Waals surface area (Å²) < 4.78 is 27.3. The maximum atomic E-state index is 13.1. The van der Waals surface area contributed by atoms with Gasteiger partial charge in [-0.1, -0.05) is 0 Å². The van der Waals surface area contributed by atoms with Gasteiger partial charge in [0.25, 0.3) is 0 Å². The molecule has 1 atom stereocenters. The number of carbonyl (C=O) groups excluding carboxylic acids is 2. The highest BCUT2D eigenvalue weighted by Gasteiger charge is 2.40. The van der Waals surface area contributed by atoms with Crippen LogP contribution in [0.15, 0.2) is 6.07 Å². The number of amides is 2. The van der Waals surface area contributed by atoms with E-state index in [1.165, 1.54) is 0 Å². The molecular formula is C17H27N5O4S. The molecule has 2 fully saturated rings. The van der Waals surface area contributed by atoms with Gasteiger partial charge in [0.1, 0.15) is 11.9 Å². The van der Waals surface area contributed by atoms with Crippen molar-refractivity contribution in [2.45, 2.75) is 38.6 Å². The van der Waals surface area contributed by atoms with Crippen molar-refractivity contribution < 1.29 is 18.0 Å². The van der Waals surface area contributed by atoms with Crippen molar-refractivity contribution in [2.75, 3.05) is 30.8 Å². The lowest BCUT2D eigenvalue weighted by Gasteiger charge is -2.36. The Morgan fingerprint density at radius 2 is 2.07 bits per heavy atom. The number of sulfonamides is 1. The van der Waals surface area contributed by atoms with E-state index in [1.54, 1.807) is 22.7 Å². The highest BCUT2D eigenvalue weighted by molar-refractivity contribution is 7.88. The van der Waals surface area contributed by atoms with Gasteiger partial charge >= 0.3 is 0 Å². The monoisotopic (exact) mass is 397 g/mol. The molecule has 9 nitrogen and oxygen atoms in total. The van der Waals surface area contributed by atoms with E-state index in [-0.39, 0.29) is 18.4 Å². The van der Waals surface area contributed by atoms with E-state index in [9.17, 15) is 18.0 Å². The average molecular weight is 398 g/mol. The number of nitrogens with zero attached hydrogens (tertiary/aromatic N) is 4. The lowest BCUT2D eigenvalue weighted by Crippen LogP contribution is -2.56. The van der Waals surface area contributed by atoms with Crippen molar-refractivity contribution in [1.82, 2.24) is 19.4 Å². The minimum atomic E-state index is -3.72. The molecule has 1 aliphatic heterocycles. The topological polar surface area (TPSA) is 105 Å². The summed E-state index contributed by atoms with van der Waals surface area (Å²) in [4.78, 5) is 26.9. The first-order chi connectivity index (χ1) is 12.7. The molecule has 2 amide bonds. The molecule has 150 valence electrons. The van der Waals surface area contributed by atoms with Gasteiger partial charge in [0.2, 0.25) is 21.8 Å². The summed E-state index contributed by atoms with van der Waals surface area (Å²) >= 11 is 0. The van der Waals surface area contributed by atoms with Crippen LogP contribution < -0.4 is 10.2 Å². The zero-order valence-corrected chi connectivity index (χ0v) is 16.8. The Balaban J connectivity index is 1.77. The quantitative estimate of drug-likeness (QED) is 0.698. The van der Waals surface area contributed by atoms with Crippen LogP contribution in [0.1, 0.15) is 31.4 Å². The Bertz CT molecular complexity index is 830. The number of nitrogens with one attached hydrogen (secondary N) is 1. The maximum absolute atomic E-state index is 13.1. The highest BCUT2D eigenvalue weighted by Crippen LogP contribution is 2.28. The second-order valence-corrected chi connectivity index (χ2v) is 9.41. The number of carbonyl (C=O) groups is 2. The fraction of sp³-hybridized carbons (Fsp3) is 0.706. The third-order valence-corrected chi connectivity index (χ3v) is 6.26. The van der Waals surface area contributed by atoms with Crippen molar-refractivity contribution in [3.8, 4) is 0 Å². The number of aryl methyl sites for hydroxylation is 2. The molecule has 0 radical (unpaired) electrons. The van der Waals surface area contributed by atoms with Gasteiger partial charge in [-0.25, -0.2) is 8.42 Å². The van der Waals surface area contributed by atoms with Crippen molar-refractivity contribution >= 4 is 27.7 Å². The van der Waals surface area contributed by atoms with Gasteiger partial charge in [0.05, 0.1) is 18.5 Å². The minimum absolute atomic E-state index is 0.315. The standard InChI is InChI=1S/C17H27N5O4S/c1-12-9-16(20(2)19-12)21-8-4-5-14(17(21)24)22(27(3,25)26)11-15(23)18-10-13-6-7-13/h9,13-14H,4-8,10-11H2,1-3H3,(H,18,23). The van der Waals surface area contributed by atoms with Crippen LogP contribution in [0.5, 0.6) is 0 Å². The molecule has 1 saturated carbocycles. The minimum Gasteiger partial charge on any atom is -0.355 e. The van der Waals surface area contributed by atoms with Crippen LogP contribution in [0.25, 0.3) is 0 Å². The predicted octanol–water partition coefficient (Wildman–Crippen LogP) is 0.0117. The van der Waals surface area contributed by atoms with Crippen molar-refractivity contribution in [3.63, 3.8) is 0 Å². The fourth-order valence-electron chi connectivity index (χ4n) is 3.44. The lowest BCUT2D eigenvalue weighted by atomic mass is 10.0. The zero-order valence-electron chi connectivity index (χ0n) is 16.0. The molecule has 1 aromatic rings. The molecule has 1 aliphatic carbocycles. The average Bonchev–Trinajstić information content (AvgIpc) is 3.34. The Labute approximate surface area is 159 Å². The van der Waals surface area contributed by atoms with Gasteiger partial charge in [0.15, 0.2) is 0 Å². The fourth-order valence-corrected chi connectivity index (χ4v) is 4.45. The van der Waals surface area contributed by atoms with Gasteiger partial charge in [-0.05, 0) is 38.5 Å². The predicted molar refractivity (Wildman–Crippen MR) is 101 cm³/mol. The summed E-state index contributed by atoms with van der Waals surface area (Å²) in [5, 5.41) is 7.03. The van der Waals surface area contributed by atoms with E-state index in [4.69, 9.17) is 0 Å². The molecule has 1 aromatic heterocycles. The first kappa shape index (κ1) is 19.8. The van der Waals surface area contributed by atoms with Crippen LogP contribution in [-0.2, 0) is 26.7 Å². The summed E-state index contributed by atoms with van der Waals surface area (Å²) in [6.07, 6.45) is 4.28. The van der Waals surface area contributed by atoms with Gasteiger partial charge in [0, 0.05) is 26.2 Å². The van der Waals surface area contributed by atoms with E-state index in [1.807, 2.05) is 6.92 Å². The van der Waals surface area contributed by atoms with Crippen LogP contribution in [0.3, 0.4) is 0 Å². The van der Waals surface area contributed by atoms with Gasteiger partial charge in [-0.2, -0.15) is 9.40 Å². The number of rotatable bonds is 7. The second-order valence-electron chi connectivity index (χ2n) is 7.47. The molecule has 3 rings (SSSR count). The number of aromatic nitrogens is 2. The SMILES string of the molecule is Cc1cc(N2CCCC(N(CC(=O)NCC3CC3)S(C)(=O)=O)C2=O)n(C)n1. The number of anilines is 1. The van der Waals surface area contributed by atoms with Crippen LogP contribution in [-0.4, -0.2) is 66.2 Å². The molecule has 2 heterocycles.